The van der Waals surface area contributed by atoms with E-state index in [1.54, 1.807) is 30.3 Å². The second kappa shape index (κ2) is 36.8. The third-order valence-corrected chi connectivity index (χ3v) is 16.4. The van der Waals surface area contributed by atoms with E-state index >= 15 is 0 Å². The van der Waals surface area contributed by atoms with Gasteiger partial charge in [-0.25, -0.2) is 25.4 Å². The average Bonchev–Trinajstić information content (AvgIpc) is 3.22. The first-order valence-electron chi connectivity index (χ1n) is 23.3. The van der Waals surface area contributed by atoms with Crippen molar-refractivity contribution in [2.45, 2.75) is 210 Å². The summed E-state index contributed by atoms with van der Waals surface area (Å²) in [6.07, 6.45) is 28.3. The highest BCUT2D eigenvalue weighted by molar-refractivity contribution is 8.06. The first-order chi connectivity index (χ1) is 28.8. The minimum Gasteiger partial charge on any atom is -0.210 e. The van der Waals surface area contributed by atoms with Crippen molar-refractivity contribution in [1.82, 2.24) is 8.61 Å². The summed E-state index contributed by atoms with van der Waals surface area (Å²) in [7, 11) is -8.68. The topological polar surface area (TPSA) is 170 Å². The maximum Gasteiger partial charge on any atom is 0.237 e. The molecule has 0 heterocycles. The van der Waals surface area contributed by atoms with E-state index in [1.807, 2.05) is 0 Å². The lowest BCUT2D eigenvalue weighted by atomic mass is 10.1. The first-order valence-corrected chi connectivity index (χ1v) is 26.3. The van der Waals surface area contributed by atoms with Crippen LogP contribution in [0.4, 0.5) is 0 Å². The van der Waals surface area contributed by atoms with Gasteiger partial charge in [-0.3, -0.25) is 0 Å². The Morgan fingerprint density at radius 1 is 0.356 bits per heavy atom. The van der Waals surface area contributed by atoms with Gasteiger partial charge in [0.15, 0.2) is 0 Å². The Hall–Kier alpha value is -3.00. The van der Waals surface area contributed by atoms with Gasteiger partial charge in [-0.05, 0) is 56.9 Å². The highest BCUT2D eigenvalue weighted by atomic mass is 32.3. The zero-order valence-corrected chi connectivity index (χ0v) is 38.2. The lowest BCUT2D eigenvalue weighted by Crippen LogP contribution is -2.44. The predicted octanol–water partition coefficient (Wildman–Crippen LogP) is 12.5. The summed E-state index contributed by atoms with van der Waals surface area (Å²) < 4.78 is 61.2. The average molecular weight is 855 g/mol. The van der Waals surface area contributed by atoms with Crippen molar-refractivity contribution in [2.24, 2.45) is 0 Å². The number of benzene rings is 1. The summed E-state index contributed by atoms with van der Waals surface area (Å²) in [5.74, 6) is 0. The van der Waals surface area contributed by atoms with E-state index < -0.39 is 24.6 Å². The number of nitriles is 4. The normalized spacial score (nSPS) is 11.8. The van der Waals surface area contributed by atoms with Crippen LogP contribution in [0.25, 0.3) is 0 Å². The molecule has 0 unspecified atom stereocenters. The zero-order chi connectivity index (χ0) is 43.1. The molecule has 0 spiro atoms. The van der Waals surface area contributed by atoms with Gasteiger partial charge in [-0.15, -0.1) is 0 Å². The highest BCUT2D eigenvalue weighted by Gasteiger charge is 2.45. The van der Waals surface area contributed by atoms with Gasteiger partial charge in [0.05, 0.1) is 24.3 Å². The lowest BCUT2D eigenvalue weighted by Gasteiger charge is -2.32. The molecule has 0 radical (unpaired) electrons. The van der Waals surface area contributed by atoms with Gasteiger partial charge in [-0.1, -0.05) is 159 Å². The molecule has 0 bridgehead atoms. The van der Waals surface area contributed by atoms with Crippen LogP contribution < -0.4 is 0 Å². The third-order valence-electron chi connectivity index (χ3n) is 11.1. The molecule has 0 aliphatic rings. The van der Waals surface area contributed by atoms with Crippen LogP contribution in [0.2, 0.25) is 0 Å². The fraction of sp³-hybridized carbons (Fsp3) is 0.787. The molecule has 1 aromatic carbocycles. The molecule has 1 aromatic rings. The standard InChI is InChI=1S/C47H78N6O4S2/c48-38-28-17-9-1-5-13-21-32-42-52(43-33-22-14-6-2-10-18-29-39-49)58(54,55)47(46-36-26-25-27-37-46)59(56,57)53(44-34-23-15-7-3-11-19-30-40-50)45-35-24-16-8-4-12-20-31-41-51/h25-27,36-37,47H,1-24,28-35,42-45H2. The van der Waals surface area contributed by atoms with Gasteiger partial charge in [0.25, 0.3) is 0 Å². The number of sulfonamides is 2. The van der Waals surface area contributed by atoms with E-state index in [4.69, 9.17) is 21.0 Å². The number of hydrogen-bond acceptors (Lipinski definition) is 8. The minimum absolute atomic E-state index is 0.284. The number of rotatable bonds is 41. The monoisotopic (exact) mass is 855 g/mol. The molecule has 332 valence electrons. The van der Waals surface area contributed by atoms with Gasteiger partial charge in [-0.2, -0.15) is 21.0 Å². The number of hydrogen-bond donors (Lipinski definition) is 0. The van der Waals surface area contributed by atoms with Crippen LogP contribution in [-0.2, 0) is 20.0 Å². The van der Waals surface area contributed by atoms with E-state index in [-0.39, 0.29) is 31.7 Å². The fourth-order valence-electron chi connectivity index (χ4n) is 7.62. The van der Waals surface area contributed by atoms with Gasteiger partial charge >= 0.3 is 0 Å². The molecule has 59 heavy (non-hydrogen) atoms. The Balaban J connectivity index is 3.24. The van der Waals surface area contributed by atoms with Crippen molar-refractivity contribution in [2.75, 3.05) is 26.2 Å². The molecule has 1 rings (SSSR count). The Labute approximate surface area is 361 Å². The van der Waals surface area contributed by atoms with Crippen molar-refractivity contribution in [3.05, 3.63) is 35.9 Å². The first kappa shape index (κ1) is 54.0. The quantitative estimate of drug-likeness (QED) is 0.0586. The Bertz CT molecular complexity index is 1400. The minimum atomic E-state index is -4.34. The lowest BCUT2D eigenvalue weighted by molar-refractivity contribution is 0.370. The van der Waals surface area contributed by atoms with Crippen molar-refractivity contribution in [1.29, 1.82) is 21.0 Å². The van der Waals surface area contributed by atoms with E-state index in [0.717, 1.165) is 154 Å². The maximum absolute atomic E-state index is 15.0. The molecular weight excluding hydrogens is 777 g/mol. The Kier molecular flexibility index (Phi) is 33.7. The Morgan fingerprint density at radius 3 is 0.814 bits per heavy atom. The van der Waals surface area contributed by atoms with E-state index in [9.17, 15) is 16.8 Å². The number of unbranched alkanes of at least 4 members (excludes halogenated alkanes) is 28. The van der Waals surface area contributed by atoms with Gasteiger partial charge < -0.3 is 0 Å². The van der Waals surface area contributed by atoms with Crippen LogP contribution in [-0.4, -0.2) is 51.6 Å². The summed E-state index contributed by atoms with van der Waals surface area (Å²) in [6.45, 7) is 1.14. The molecule has 0 atom stereocenters. The molecule has 0 aliphatic carbocycles. The van der Waals surface area contributed by atoms with Gasteiger partial charge in [0.1, 0.15) is 0 Å². The summed E-state index contributed by atoms with van der Waals surface area (Å²) in [5, 5.41) is 35.3. The second-order valence-electron chi connectivity index (χ2n) is 16.2. The second-order valence-corrected chi connectivity index (χ2v) is 20.5. The molecule has 0 fully saturated rings. The molecule has 0 aliphatic heterocycles. The third kappa shape index (κ3) is 26.1. The molecule has 0 saturated heterocycles. The fourth-order valence-corrected chi connectivity index (χ4v) is 12.7. The molecule has 0 saturated carbocycles. The molecule has 10 nitrogen and oxygen atoms in total. The van der Waals surface area contributed by atoms with Gasteiger partial charge in [0, 0.05) is 51.9 Å². The SMILES string of the molecule is N#CCCCCCCCCCN(CCCCCCCCCC#N)S(=O)(=O)C(c1ccccc1)S(=O)(=O)N(CCCCCCCCCC#N)CCCCCCCCCC#N. The van der Waals surface area contributed by atoms with Crippen LogP contribution in [0.15, 0.2) is 30.3 Å². The van der Waals surface area contributed by atoms with Crippen LogP contribution in [0.3, 0.4) is 0 Å². The van der Waals surface area contributed by atoms with Crippen LogP contribution in [0.1, 0.15) is 216 Å². The van der Waals surface area contributed by atoms with E-state index in [2.05, 4.69) is 24.3 Å². The predicted molar refractivity (Wildman–Crippen MR) is 240 cm³/mol. The van der Waals surface area contributed by atoms with Crippen molar-refractivity contribution < 1.29 is 16.8 Å². The molecule has 0 N–H and O–H groups in total. The summed E-state index contributed by atoms with van der Waals surface area (Å²) in [4.78, 5) is 0. The zero-order valence-electron chi connectivity index (χ0n) is 36.6. The van der Waals surface area contributed by atoms with Crippen LogP contribution in [0.5, 0.6) is 0 Å². The molecule has 0 aromatic heterocycles. The van der Waals surface area contributed by atoms with Crippen molar-refractivity contribution in [3.8, 4) is 24.3 Å². The van der Waals surface area contributed by atoms with Crippen LogP contribution in [0, 0.1) is 45.3 Å². The molecular formula is C47H78N6O4S2. The summed E-state index contributed by atoms with van der Waals surface area (Å²) >= 11 is 0. The van der Waals surface area contributed by atoms with Crippen molar-refractivity contribution in [3.63, 3.8) is 0 Å². The van der Waals surface area contributed by atoms with Crippen molar-refractivity contribution >= 4 is 20.0 Å². The summed E-state index contributed by atoms with van der Waals surface area (Å²) in [5.41, 5.74) is 0.284. The highest BCUT2D eigenvalue weighted by Crippen LogP contribution is 2.35. The maximum atomic E-state index is 15.0. The molecule has 0 amide bonds. The Morgan fingerprint density at radius 2 is 0.576 bits per heavy atom. The smallest absolute Gasteiger partial charge is 0.210 e. The molecule has 12 heteroatoms. The van der Waals surface area contributed by atoms with E-state index in [0.29, 0.717) is 51.4 Å². The largest absolute Gasteiger partial charge is 0.237 e. The number of nitrogens with zero attached hydrogens (tertiary/aromatic N) is 6. The summed E-state index contributed by atoms with van der Waals surface area (Å²) in [6, 6.07) is 17.3. The van der Waals surface area contributed by atoms with E-state index in [1.165, 1.54) is 8.61 Å². The van der Waals surface area contributed by atoms with Crippen LogP contribution >= 0.6 is 0 Å². The van der Waals surface area contributed by atoms with Gasteiger partial charge in [0.2, 0.25) is 24.6 Å².